The Hall–Kier alpha value is -1.74. The van der Waals surface area contributed by atoms with E-state index in [1.807, 2.05) is 12.1 Å². The minimum absolute atomic E-state index is 0.0432. The first-order chi connectivity index (χ1) is 11.5. The fourth-order valence-electron chi connectivity index (χ4n) is 1.99. The van der Waals surface area contributed by atoms with Crippen molar-refractivity contribution >= 4 is 34.8 Å². The molecule has 2 heterocycles. The van der Waals surface area contributed by atoms with Crippen LogP contribution in [0.15, 0.2) is 17.3 Å². The second kappa shape index (κ2) is 8.93. The predicted molar refractivity (Wildman–Crippen MR) is 94.4 cm³/mol. The number of nitrogens with one attached hydrogen (secondary N) is 1. The summed E-state index contributed by atoms with van der Waals surface area (Å²) in [6.07, 6.45) is 0.733. The number of ketones is 1. The Labute approximate surface area is 149 Å². The lowest BCUT2D eigenvalue weighted by Gasteiger charge is -2.05. The fourth-order valence-corrected chi connectivity index (χ4v) is 3.79. The highest BCUT2D eigenvalue weighted by molar-refractivity contribution is 7.99. The molecule has 7 nitrogen and oxygen atoms in total. The Bertz CT molecular complexity index is 696. The van der Waals surface area contributed by atoms with Crippen LogP contribution in [0, 0.1) is 5.92 Å². The van der Waals surface area contributed by atoms with E-state index in [0.29, 0.717) is 23.4 Å². The van der Waals surface area contributed by atoms with E-state index in [0.717, 1.165) is 22.7 Å². The minimum Gasteiger partial charge on any atom is -0.356 e. The van der Waals surface area contributed by atoms with Crippen molar-refractivity contribution in [2.24, 2.45) is 5.92 Å². The van der Waals surface area contributed by atoms with Gasteiger partial charge in [0.2, 0.25) is 11.1 Å². The molecule has 0 radical (unpaired) electrons. The molecule has 0 spiro atoms. The number of hydrogen-bond acceptors (Lipinski definition) is 7. The first-order valence-corrected chi connectivity index (χ1v) is 9.51. The summed E-state index contributed by atoms with van der Waals surface area (Å²) in [5.41, 5.74) is 0. The predicted octanol–water partition coefficient (Wildman–Crippen LogP) is 2.04. The number of carbonyl (C=O) groups is 2. The Balaban J connectivity index is 1.86. The molecular formula is C15H21N5O2S2. The summed E-state index contributed by atoms with van der Waals surface area (Å²) >= 11 is 2.83. The van der Waals surface area contributed by atoms with Crippen LogP contribution < -0.4 is 5.32 Å². The number of Topliss-reactive ketones (excluding diaryl/α,β-unsaturated/α-hetero) is 1. The van der Waals surface area contributed by atoms with Gasteiger partial charge in [-0.15, -0.1) is 16.4 Å². The van der Waals surface area contributed by atoms with Gasteiger partial charge in [-0.3, -0.25) is 9.59 Å². The van der Waals surface area contributed by atoms with Gasteiger partial charge in [0.1, 0.15) is 0 Å². The van der Waals surface area contributed by atoms with Crippen molar-refractivity contribution in [3.63, 3.8) is 0 Å². The van der Waals surface area contributed by atoms with Crippen LogP contribution in [0.4, 0.5) is 0 Å². The summed E-state index contributed by atoms with van der Waals surface area (Å²) in [6, 6.07) is 3.78. The average Bonchev–Trinajstić information content (AvgIpc) is 3.13. The second-order valence-corrected chi connectivity index (χ2v) is 7.86. The number of amides is 1. The first-order valence-electron chi connectivity index (χ1n) is 7.71. The van der Waals surface area contributed by atoms with Crippen LogP contribution in [0.3, 0.4) is 0 Å². The molecule has 0 aliphatic rings. The number of nitrogens with zero attached hydrogens (tertiary/aromatic N) is 4. The molecule has 0 saturated carbocycles. The smallest absolute Gasteiger partial charge is 0.216 e. The molecule has 0 atom stereocenters. The first kappa shape index (κ1) is 18.6. The van der Waals surface area contributed by atoms with Crippen LogP contribution >= 0.6 is 23.1 Å². The van der Waals surface area contributed by atoms with E-state index < -0.39 is 0 Å². The molecule has 9 heteroatoms. The van der Waals surface area contributed by atoms with E-state index in [-0.39, 0.29) is 11.7 Å². The van der Waals surface area contributed by atoms with Crippen LogP contribution in [0.5, 0.6) is 0 Å². The van der Waals surface area contributed by atoms with Gasteiger partial charge < -0.3 is 5.32 Å². The summed E-state index contributed by atoms with van der Waals surface area (Å²) in [7, 11) is 0. The maximum atomic E-state index is 12.3. The topological polar surface area (TPSA) is 89.8 Å². The molecule has 1 amide bonds. The summed E-state index contributed by atoms with van der Waals surface area (Å²) in [4.78, 5) is 25.0. The fraction of sp³-hybridized carbons (Fsp3) is 0.533. The lowest BCUT2D eigenvalue weighted by molar-refractivity contribution is -0.118. The molecule has 1 N–H and O–H groups in total. The number of thiophene rings is 1. The van der Waals surface area contributed by atoms with E-state index in [1.54, 1.807) is 4.68 Å². The van der Waals surface area contributed by atoms with Crippen LogP contribution in [0.1, 0.15) is 35.3 Å². The summed E-state index contributed by atoms with van der Waals surface area (Å²) in [6.45, 7) is 7.00. The number of hydrogen-bond donors (Lipinski definition) is 1. The molecule has 130 valence electrons. The highest BCUT2D eigenvalue weighted by Gasteiger charge is 2.14. The van der Waals surface area contributed by atoms with E-state index in [2.05, 4.69) is 34.7 Å². The minimum atomic E-state index is -0.0432. The van der Waals surface area contributed by atoms with Gasteiger partial charge in [-0.25, -0.2) is 4.68 Å². The molecule has 2 aromatic rings. The van der Waals surface area contributed by atoms with Gasteiger partial charge in [-0.1, -0.05) is 25.6 Å². The molecule has 24 heavy (non-hydrogen) atoms. The van der Waals surface area contributed by atoms with Crippen LogP contribution in [0.25, 0.3) is 0 Å². The Kier molecular flexibility index (Phi) is 6.92. The Morgan fingerprint density at radius 1 is 1.38 bits per heavy atom. The molecule has 2 rings (SSSR count). The van der Waals surface area contributed by atoms with Crippen LogP contribution in [-0.4, -0.2) is 44.2 Å². The standard InChI is InChI=1S/C15H21N5O2S2/c1-10(2)8-20-15(17-18-19-20)23-9-13(22)14-5-4-12(24-14)6-7-16-11(3)21/h4-5,10H,6-9H2,1-3H3,(H,16,21). The third-order valence-electron chi connectivity index (χ3n) is 3.05. The van der Waals surface area contributed by atoms with E-state index >= 15 is 0 Å². The molecular weight excluding hydrogens is 346 g/mol. The number of thioether (sulfide) groups is 1. The molecule has 0 aromatic carbocycles. The van der Waals surface area contributed by atoms with Crippen LogP contribution in [0.2, 0.25) is 0 Å². The lowest BCUT2D eigenvalue weighted by atomic mass is 10.2. The SMILES string of the molecule is CC(=O)NCCc1ccc(C(=O)CSc2nnnn2CC(C)C)s1. The average molecular weight is 368 g/mol. The van der Waals surface area contributed by atoms with Gasteiger partial charge >= 0.3 is 0 Å². The van der Waals surface area contributed by atoms with Gasteiger partial charge in [0.25, 0.3) is 0 Å². The number of aromatic nitrogens is 4. The maximum absolute atomic E-state index is 12.3. The van der Waals surface area contributed by atoms with Crippen LogP contribution in [-0.2, 0) is 17.8 Å². The van der Waals surface area contributed by atoms with Gasteiger partial charge in [0.15, 0.2) is 5.78 Å². The van der Waals surface area contributed by atoms with Gasteiger partial charge in [0.05, 0.1) is 10.6 Å². The van der Waals surface area contributed by atoms with Gasteiger partial charge in [-0.05, 0) is 34.9 Å². The highest BCUT2D eigenvalue weighted by atomic mass is 32.2. The molecule has 0 bridgehead atoms. The molecule has 0 saturated heterocycles. The third-order valence-corrected chi connectivity index (χ3v) is 5.19. The monoisotopic (exact) mass is 367 g/mol. The summed E-state index contributed by atoms with van der Waals surface area (Å²) in [5.74, 6) is 0.768. The number of carbonyl (C=O) groups excluding carboxylic acids is 2. The Morgan fingerprint density at radius 3 is 2.88 bits per heavy atom. The van der Waals surface area contributed by atoms with Crippen molar-refractivity contribution in [1.82, 2.24) is 25.5 Å². The zero-order valence-electron chi connectivity index (χ0n) is 14.0. The number of tetrazole rings is 1. The molecule has 0 unspecified atom stereocenters. The normalized spacial score (nSPS) is 11.0. The lowest BCUT2D eigenvalue weighted by Crippen LogP contribution is -2.22. The van der Waals surface area contributed by atoms with Crippen molar-refractivity contribution in [2.75, 3.05) is 12.3 Å². The maximum Gasteiger partial charge on any atom is 0.216 e. The highest BCUT2D eigenvalue weighted by Crippen LogP contribution is 2.21. The van der Waals surface area contributed by atoms with Crippen molar-refractivity contribution < 1.29 is 9.59 Å². The quantitative estimate of drug-likeness (QED) is 0.539. The van der Waals surface area contributed by atoms with Gasteiger partial charge in [-0.2, -0.15) is 0 Å². The second-order valence-electron chi connectivity index (χ2n) is 5.75. The molecule has 2 aromatic heterocycles. The number of rotatable bonds is 9. The third kappa shape index (κ3) is 5.72. The summed E-state index contributed by atoms with van der Waals surface area (Å²) < 4.78 is 1.73. The molecule has 0 aliphatic heterocycles. The molecule has 0 aliphatic carbocycles. The summed E-state index contributed by atoms with van der Waals surface area (Å²) in [5, 5.41) is 15.0. The van der Waals surface area contributed by atoms with E-state index in [1.165, 1.54) is 30.0 Å². The largest absolute Gasteiger partial charge is 0.356 e. The van der Waals surface area contributed by atoms with E-state index in [4.69, 9.17) is 0 Å². The Morgan fingerprint density at radius 2 is 2.17 bits per heavy atom. The van der Waals surface area contributed by atoms with Crippen molar-refractivity contribution in [1.29, 1.82) is 0 Å². The zero-order chi connectivity index (χ0) is 17.5. The van der Waals surface area contributed by atoms with Crippen molar-refractivity contribution in [2.45, 2.75) is 38.9 Å². The van der Waals surface area contributed by atoms with Gasteiger partial charge in [0, 0.05) is 24.9 Å². The molecule has 0 fully saturated rings. The van der Waals surface area contributed by atoms with Crippen molar-refractivity contribution in [3.8, 4) is 0 Å². The van der Waals surface area contributed by atoms with Crippen molar-refractivity contribution in [3.05, 3.63) is 21.9 Å². The van der Waals surface area contributed by atoms with E-state index in [9.17, 15) is 9.59 Å². The zero-order valence-corrected chi connectivity index (χ0v) is 15.6.